The van der Waals surface area contributed by atoms with Crippen molar-refractivity contribution >= 4 is 22.1 Å². The van der Waals surface area contributed by atoms with Gasteiger partial charge in [0.15, 0.2) is 4.96 Å². The topological polar surface area (TPSA) is 43.3 Å². The van der Waals surface area contributed by atoms with E-state index in [0.29, 0.717) is 11.5 Å². The van der Waals surface area contributed by atoms with Gasteiger partial charge in [0.1, 0.15) is 23.1 Å². The van der Waals surface area contributed by atoms with Crippen LogP contribution >= 0.6 is 11.3 Å². The summed E-state index contributed by atoms with van der Waals surface area (Å²) in [5, 5.41) is 1.93. The molecule has 0 aliphatic carbocycles. The second-order valence-corrected chi connectivity index (χ2v) is 5.93. The second kappa shape index (κ2) is 5.17. The summed E-state index contributed by atoms with van der Waals surface area (Å²) >= 11 is 1.45. The Morgan fingerprint density at radius 2 is 1.43 bits per heavy atom. The number of hydrogen-bond donors (Lipinski definition) is 1. The Bertz CT molecular complexity index is 985. The van der Waals surface area contributed by atoms with Crippen molar-refractivity contribution in [1.82, 2.24) is 9.38 Å². The molecule has 0 saturated carbocycles. The molecule has 114 valence electrons. The highest BCUT2D eigenvalue weighted by molar-refractivity contribution is 7.15. The number of anilines is 1. The van der Waals surface area contributed by atoms with Crippen LogP contribution in [-0.2, 0) is 0 Å². The molecule has 0 aliphatic rings. The molecule has 4 aromatic rings. The van der Waals surface area contributed by atoms with E-state index in [0.717, 1.165) is 21.8 Å². The molecule has 0 bridgehead atoms. The minimum atomic E-state index is -0.305. The van der Waals surface area contributed by atoms with E-state index in [4.69, 9.17) is 5.73 Å². The van der Waals surface area contributed by atoms with Crippen LogP contribution in [0, 0.1) is 11.6 Å². The molecule has 2 N–H and O–H groups in total. The highest BCUT2D eigenvalue weighted by Gasteiger charge is 2.16. The minimum Gasteiger partial charge on any atom is -0.383 e. The molecule has 0 fully saturated rings. The maximum absolute atomic E-state index is 13.1. The van der Waals surface area contributed by atoms with Crippen LogP contribution in [0.2, 0.25) is 0 Å². The molecule has 6 heteroatoms. The number of benzene rings is 2. The molecule has 2 aromatic heterocycles. The van der Waals surface area contributed by atoms with Gasteiger partial charge in [0.25, 0.3) is 0 Å². The van der Waals surface area contributed by atoms with Crippen molar-refractivity contribution < 1.29 is 8.78 Å². The molecule has 0 aliphatic heterocycles. The molecule has 4 rings (SSSR count). The van der Waals surface area contributed by atoms with E-state index in [9.17, 15) is 8.78 Å². The summed E-state index contributed by atoms with van der Waals surface area (Å²) < 4.78 is 28.0. The highest BCUT2D eigenvalue weighted by Crippen LogP contribution is 2.34. The van der Waals surface area contributed by atoms with Crippen molar-refractivity contribution in [3.8, 4) is 22.5 Å². The van der Waals surface area contributed by atoms with Crippen LogP contribution in [0.1, 0.15) is 0 Å². The third kappa shape index (κ3) is 2.27. The monoisotopic (exact) mass is 327 g/mol. The molecular formula is C17H11F2N3S. The van der Waals surface area contributed by atoms with Crippen molar-refractivity contribution in [1.29, 1.82) is 0 Å². The lowest BCUT2D eigenvalue weighted by Gasteiger charge is -2.03. The summed E-state index contributed by atoms with van der Waals surface area (Å²) in [5.74, 6) is -0.113. The predicted octanol–water partition coefficient (Wildman–Crippen LogP) is 4.59. The van der Waals surface area contributed by atoms with E-state index in [1.54, 1.807) is 24.3 Å². The van der Waals surface area contributed by atoms with Gasteiger partial charge in [0.2, 0.25) is 0 Å². The summed E-state index contributed by atoms with van der Waals surface area (Å²) in [6, 6.07) is 12.3. The Morgan fingerprint density at radius 3 is 2.04 bits per heavy atom. The SMILES string of the molecule is Nc1c(-c2ccc(F)cc2)nc2scc(-c3ccc(F)cc3)n12. The maximum Gasteiger partial charge on any atom is 0.196 e. The average Bonchev–Trinajstić information content (AvgIpc) is 3.10. The first-order valence-corrected chi connectivity index (χ1v) is 7.79. The number of thiazole rings is 1. The first-order chi connectivity index (χ1) is 11.1. The zero-order valence-electron chi connectivity index (χ0n) is 11.8. The molecule has 0 amide bonds. The van der Waals surface area contributed by atoms with E-state index < -0.39 is 0 Å². The van der Waals surface area contributed by atoms with Crippen molar-refractivity contribution in [2.75, 3.05) is 5.73 Å². The van der Waals surface area contributed by atoms with Gasteiger partial charge in [-0.15, -0.1) is 11.3 Å². The molecule has 0 unspecified atom stereocenters. The van der Waals surface area contributed by atoms with Crippen LogP contribution in [0.3, 0.4) is 0 Å². The summed E-state index contributed by atoms with van der Waals surface area (Å²) in [4.78, 5) is 5.27. The largest absolute Gasteiger partial charge is 0.383 e. The van der Waals surface area contributed by atoms with Gasteiger partial charge in [-0.1, -0.05) is 0 Å². The molecule has 3 nitrogen and oxygen atoms in total. The van der Waals surface area contributed by atoms with Crippen molar-refractivity contribution in [2.24, 2.45) is 0 Å². The lowest BCUT2D eigenvalue weighted by atomic mass is 10.1. The fourth-order valence-electron chi connectivity index (χ4n) is 2.52. The minimum absolute atomic E-state index is 0.286. The lowest BCUT2D eigenvalue weighted by Crippen LogP contribution is -1.95. The van der Waals surface area contributed by atoms with Gasteiger partial charge < -0.3 is 5.73 Å². The molecule has 0 spiro atoms. The van der Waals surface area contributed by atoms with Gasteiger partial charge in [-0.3, -0.25) is 4.40 Å². The zero-order chi connectivity index (χ0) is 16.0. The lowest BCUT2D eigenvalue weighted by molar-refractivity contribution is 0.627. The van der Waals surface area contributed by atoms with E-state index in [2.05, 4.69) is 4.98 Å². The van der Waals surface area contributed by atoms with Gasteiger partial charge in [0, 0.05) is 10.9 Å². The second-order valence-electron chi connectivity index (χ2n) is 5.10. The first kappa shape index (κ1) is 13.9. The van der Waals surface area contributed by atoms with Crippen LogP contribution in [0.5, 0.6) is 0 Å². The molecule has 0 saturated heterocycles. The fraction of sp³-hybridized carbons (Fsp3) is 0. The Morgan fingerprint density at radius 1 is 0.870 bits per heavy atom. The van der Waals surface area contributed by atoms with Gasteiger partial charge in [0.05, 0.1) is 5.69 Å². The van der Waals surface area contributed by atoms with Gasteiger partial charge in [-0.05, 0) is 54.1 Å². The molecule has 2 aromatic carbocycles. The third-order valence-electron chi connectivity index (χ3n) is 3.66. The smallest absolute Gasteiger partial charge is 0.196 e. The summed E-state index contributed by atoms with van der Waals surface area (Å²) in [5.41, 5.74) is 9.33. The van der Waals surface area contributed by atoms with Crippen LogP contribution < -0.4 is 5.73 Å². The number of rotatable bonds is 2. The van der Waals surface area contributed by atoms with Crippen LogP contribution in [0.25, 0.3) is 27.5 Å². The van der Waals surface area contributed by atoms with Crippen molar-refractivity contribution in [3.63, 3.8) is 0 Å². The van der Waals surface area contributed by atoms with Crippen molar-refractivity contribution in [3.05, 3.63) is 65.5 Å². The van der Waals surface area contributed by atoms with Gasteiger partial charge >= 0.3 is 0 Å². The molecule has 0 atom stereocenters. The summed E-state index contributed by atoms with van der Waals surface area (Å²) in [6.07, 6.45) is 0. The zero-order valence-corrected chi connectivity index (χ0v) is 12.6. The third-order valence-corrected chi connectivity index (χ3v) is 4.48. The van der Waals surface area contributed by atoms with Crippen LogP contribution in [0.4, 0.5) is 14.6 Å². The number of halogens is 2. The summed E-state index contributed by atoms with van der Waals surface area (Å²) in [6.45, 7) is 0. The van der Waals surface area contributed by atoms with Gasteiger partial charge in [-0.25, -0.2) is 13.8 Å². The quantitative estimate of drug-likeness (QED) is 0.585. The fourth-order valence-corrected chi connectivity index (χ4v) is 3.43. The Hall–Kier alpha value is -2.73. The molecule has 2 heterocycles. The average molecular weight is 327 g/mol. The number of nitrogen functional groups attached to an aromatic ring is 1. The number of nitrogens with zero attached hydrogens (tertiary/aromatic N) is 2. The van der Waals surface area contributed by atoms with E-state index >= 15 is 0 Å². The summed E-state index contributed by atoms with van der Waals surface area (Å²) in [7, 11) is 0. The van der Waals surface area contributed by atoms with Crippen molar-refractivity contribution in [2.45, 2.75) is 0 Å². The maximum atomic E-state index is 13.1. The molecular weight excluding hydrogens is 316 g/mol. The van der Waals surface area contributed by atoms with E-state index in [1.165, 1.54) is 35.6 Å². The Labute approximate surface area is 134 Å². The standard InChI is InChI=1S/C17H11F2N3S/c18-12-5-1-10(2-6-12)14-9-23-17-21-15(16(20)22(14)17)11-3-7-13(19)8-4-11/h1-9H,20H2. The number of fused-ring (bicyclic) bond motifs is 1. The molecule has 0 radical (unpaired) electrons. The Kier molecular flexibility index (Phi) is 3.12. The molecule has 23 heavy (non-hydrogen) atoms. The van der Waals surface area contributed by atoms with Crippen LogP contribution in [0.15, 0.2) is 53.9 Å². The van der Waals surface area contributed by atoms with Crippen LogP contribution in [-0.4, -0.2) is 9.38 Å². The predicted molar refractivity (Wildman–Crippen MR) is 88.3 cm³/mol. The number of nitrogens with two attached hydrogens (primary N) is 1. The van der Waals surface area contributed by atoms with E-state index in [-0.39, 0.29) is 11.6 Å². The van der Waals surface area contributed by atoms with Gasteiger partial charge in [-0.2, -0.15) is 0 Å². The normalized spacial score (nSPS) is 11.2. The Balaban J connectivity index is 1.89. The number of imidazole rings is 1. The van der Waals surface area contributed by atoms with E-state index in [1.807, 2.05) is 9.78 Å². The first-order valence-electron chi connectivity index (χ1n) is 6.91. The highest BCUT2D eigenvalue weighted by atomic mass is 32.1. The number of aromatic nitrogens is 2. The number of hydrogen-bond acceptors (Lipinski definition) is 3.